The Labute approximate surface area is 108 Å². The molecule has 0 unspecified atom stereocenters. The summed E-state index contributed by atoms with van der Waals surface area (Å²) in [6, 6.07) is 7.09. The average Bonchev–Trinajstić information content (AvgIpc) is 2.39. The second kappa shape index (κ2) is 7.67. The van der Waals surface area contributed by atoms with Gasteiger partial charge in [0, 0.05) is 6.42 Å². The molecule has 1 atom stereocenters. The minimum Gasteiger partial charge on any atom is -0.497 e. The van der Waals surface area contributed by atoms with E-state index in [4.69, 9.17) is 4.74 Å². The summed E-state index contributed by atoms with van der Waals surface area (Å²) in [5, 5.41) is 9.92. The number of hydrogen-bond donors (Lipinski definition) is 1. The number of hydrogen-bond acceptors (Lipinski definition) is 3. The first-order chi connectivity index (χ1) is 8.67. The van der Waals surface area contributed by atoms with Gasteiger partial charge in [-0.1, -0.05) is 31.6 Å². The molecule has 1 N–H and O–H groups in total. The van der Waals surface area contributed by atoms with Crippen LogP contribution >= 0.6 is 0 Å². The molecular formula is C15H20O3. The van der Waals surface area contributed by atoms with Crippen LogP contribution in [-0.2, 0) is 4.79 Å². The van der Waals surface area contributed by atoms with Crippen LogP contribution in [0.15, 0.2) is 36.4 Å². The molecule has 0 aliphatic rings. The number of ether oxygens (including phenoxy) is 1. The van der Waals surface area contributed by atoms with Gasteiger partial charge < -0.3 is 9.84 Å². The van der Waals surface area contributed by atoms with Gasteiger partial charge in [0.25, 0.3) is 0 Å². The summed E-state index contributed by atoms with van der Waals surface area (Å²) in [7, 11) is 1.59. The van der Waals surface area contributed by atoms with E-state index in [1.54, 1.807) is 37.5 Å². The minimum absolute atomic E-state index is 0.0493. The summed E-state index contributed by atoms with van der Waals surface area (Å²) >= 11 is 0. The normalized spacial score (nSPS) is 12.6. The second-order valence-corrected chi connectivity index (χ2v) is 4.15. The van der Waals surface area contributed by atoms with Crippen LogP contribution in [0.1, 0.15) is 37.9 Å². The van der Waals surface area contributed by atoms with E-state index in [2.05, 4.69) is 6.92 Å². The van der Waals surface area contributed by atoms with Crippen molar-refractivity contribution < 1.29 is 14.6 Å². The van der Waals surface area contributed by atoms with E-state index in [1.807, 2.05) is 6.08 Å². The van der Waals surface area contributed by atoms with Crippen LogP contribution < -0.4 is 4.74 Å². The lowest BCUT2D eigenvalue weighted by molar-refractivity contribution is -0.116. The van der Waals surface area contributed by atoms with Gasteiger partial charge in [-0.2, -0.15) is 0 Å². The van der Waals surface area contributed by atoms with Crippen molar-refractivity contribution in [1.29, 1.82) is 0 Å². The van der Waals surface area contributed by atoms with Gasteiger partial charge in [-0.3, -0.25) is 4.79 Å². The van der Waals surface area contributed by atoms with Crippen LogP contribution in [-0.4, -0.2) is 18.0 Å². The summed E-state index contributed by atoms with van der Waals surface area (Å²) in [5.74, 6) is 0.687. The highest BCUT2D eigenvalue weighted by Gasteiger charge is 2.11. The van der Waals surface area contributed by atoms with Crippen LogP contribution in [0.3, 0.4) is 0 Å². The zero-order valence-corrected chi connectivity index (χ0v) is 10.9. The minimum atomic E-state index is -0.755. The molecule has 0 spiro atoms. The predicted molar refractivity (Wildman–Crippen MR) is 71.6 cm³/mol. The molecular weight excluding hydrogens is 228 g/mol. The molecule has 98 valence electrons. The largest absolute Gasteiger partial charge is 0.497 e. The number of rotatable bonds is 7. The number of aliphatic hydroxyl groups is 1. The van der Waals surface area contributed by atoms with Crippen LogP contribution in [0.5, 0.6) is 5.75 Å². The molecule has 18 heavy (non-hydrogen) atoms. The Kier molecular flexibility index (Phi) is 6.15. The molecule has 0 aromatic heterocycles. The number of carbonyl (C=O) groups is 1. The number of carbonyl (C=O) groups excluding carboxylic acids is 1. The monoisotopic (exact) mass is 248 g/mol. The highest BCUT2D eigenvalue weighted by Crippen LogP contribution is 2.20. The van der Waals surface area contributed by atoms with E-state index in [-0.39, 0.29) is 12.2 Å². The van der Waals surface area contributed by atoms with Gasteiger partial charge in [0.2, 0.25) is 0 Å². The number of ketones is 1. The maximum Gasteiger partial charge on any atom is 0.158 e. The Morgan fingerprint density at radius 2 is 2.06 bits per heavy atom. The number of allylic oxidation sites excluding steroid dienone is 2. The Bertz CT molecular complexity index is 393. The van der Waals surface area contributed by atoms with Crippen molar-refractivity contribution in [3.63, 3.8) is 0 Å². The van der Waals surface area contributed by atoms with Crippen LogP contribution in [0.4, 0.5) is 0 Å². The van der Waals surface area contributed by atoms with Crippen molar-refractivity contribution in [3.05, 3.63) is 42.0 Å². The zero-order valence-electron chi connectivity index (χ0n) is 10.9. The molecule has 0 fully saturated rings. The number of benzene rings is 1. The fourth-order valence-corrected chi connectivity index (χ4v) is 1.58. The van der Waals surface area contributed by atoms with E-state index >= 15 is 0 Å². The smallest absolute Gasteiger partial charge is 0.158 e. The Hall–Kier alpha value is -1.61. The Morgan fingerprint density at radius 3 is 2.61 bits per heavy atom. The lowest BCUT2D eigenvalue weighted by Gasteiger charge is -2.09. The van der Waals surface area contributed by atoms with E-state index in [9.17, 15) is 9.90 Å². The first kappa shape index (κ1) is 14.5. The van der Waals surface area contributed by atoms with Crippen molar-refractivity contribution >= 4 is 5.78 Å². The fourth-order valence-electron chi connectivity index (χ4n) is 1.58. The van der Waals surface area contributed by atoms with Crippen molar-refractivity contribution in [1.82, 2.24) is 0 Å². The zero-order chi connectivity index (χ0) is 13.4. The summed E-state index contributed by atoms with van der Waals surface area (Å²) in [4.78, 5) is 11.6. The lowest BCUT2D eigenvalue weighted by Crippen LogP contribution is -2.04. The molecule has 0 amide bonds. The summed E-state index contributed by atoms with van der Waals surface area (Å²) in [6.07, 6.45) is 4.68. The third-order valence-electron chi connectivity index (χ3n) is 2.65. The average molecular weight is 248 g/mol. The summed E-state index contributed by atoms with van der Waals surface area (Å²) in [6.45, 7) is 2.06. The van der Waals surface area contributed by atoms with Gasteiger partial charge in [-0.05, 0) is 30.2 Å². The van der Waals surface area contributed by atoms with Gasteiger partial charge >= 0.3 is 0 Å². The van der Waals surface area contributed by atoms with Crippen LogP contribution in [0, 0.1) is 0 Å². The van der Waals surface area contributed by atoms with E-state index < -0.39 is 6.10 Å². The Balaban J connectivity index is 2.53. The molecule has 0 aliphatic heterocycles. The topological polar surface area (TPSA) is 46.5 Å². The SMILES string of the molecule is CCC/C=C/C(=O)C[C@H](O)c1ccc(OC)cc1. The fraction of sp³-hybridized carbons (Fsp3) is 0.400. The van der Waals surface area contributed by atoms with Gasteiger partial charge in [-0.25, -0.2) is 0 Å². The highest BCUT2D eigenvalue weighted by molar-refractivity contribution is 5.90. The van der Waals surface area contributed by atoms with Gasteiger partial charge in [0.1, 0.15) is 5.75 Å². The van der Waals surface area contributed by atoms with Crippen molar-refractivity contribution in [2.24, 2.45) is 0 Å². The van der Waals surface area contributed by atoms with Gasteiger partial charge in [-0.15, -0.1) is 0 Å². The molecule has 3 heteroatoms. The summed E-state index contributed by atoms with van der Waals surface area (Å²) in [5.41, 5.74) is 0.730. The van der Waals surface area contributed by atoms with Crippen molar-refractivity contribution in [2.45, 2.75) is 32.3 Å². The molecule has 0 saturated heterocycles. The van der Waals surface area contributed by atoms with Crippen LogP contribution in [0.2, 0.25) is 0 Å². The molecule has 0 bridgehead atoms. The highest BCUT2D eigenvalue weighted by atomic mass is 16.5. The number of unbranched alkanes of at least 4 members (excludes halogenated alkanes) is 1. The molecule has 0 saturated carbocycles. The maximum absolute atomic E-state index is 11.6. The first-order valence-corrected chi connectivity index (χ1v) is 6.18. The lowest BCUT2D eigenvalue weighted by atomic mass is 10.0. The van der Waals surface area contributed by atoms with Gasteiger partial charge in [0.15, 0.2) is 5.78 Å². The molecule has 3 nitrogen and oxygen atoms in total. The van der Waals surface area contributed by atoms with E-state index in [0.717, 1.165) is 24.2 Å². The number of methoxy groups -OCH3 is 1. The van der Waals surface area contributed by atoms with Crippen molar-refractivity contribution in [2.75, 3.05) is 7.11 Å². The quantitative estimate of drug-likeness (QED) is 0.754. The number of aliphatic hydroxyl groups excluding tert-OH is 1. The van der Waals surface area contributed by atoms with Gasteiger partial charge in [0.05, 0.1) is 13.2 Å². The standard InChI is InChI=1S/C15H20O3/c1-3-4-5-6-13(16)11-15(17)12-7-9-14(18-2)10-8-12/h5-10,15,17H,3-4,11H2,1-2H3/b6-5+/t15-/m0/s1. The molecule has 1 aromatic carbocycles. The van der Waals surface area contributed by atoms with E-state index in [0.29, 0.717) is 0 Å². The third kappa shape index (κ3) is 4.72. The Morgan fingerprint density at radius 1 is 1.39 bits per heavy atom. The van der Waals surface area contributed by atoms with Crippen molar-refractivity contribution in [3.8, 4) is 5.75 Å². The first-order valence-electron chi connectivity index (χ1n) is 6.18. The maximum atomic E-state index is 11.6. The molecule has 0 heterocycles. The molecule has 0 aliphatic carbocycles. The van der Waals surface area contributed by atoms with E-state index in [1.165, 1.54) is 0 Å². The molecule has 1 aromatic rings. The summed E-state index contributed by atoms with van der Waals surface area (Å²) < 4.78 is 5.04. The van der Waals surface area contributed by atoms with Crippen LogP contribution in [0.25, 0.3) is 0 Å². The third-order valence-corrected chi connectivity index (χ3v) is 2.65. The predicted octanol–water partition coefficient (Wildman–Crippen LogP) is 3.04. The second-order valence-electron chi connectivity index (χ2n) is 4.15. The molecule has 0 radical (unpaired) electrons. The molecule has 1 rings (SSSR count).